The average Bonchev–Trinajstić information content (AvgIpc) is 2.23. The fraction of sp³-hybridized carbons (Fsp3) is 0.500. The third-order valence-corrected chi connectivity index (χ3v) is 3.11. The molecule has 0 saturated carbocycles. The molecule has 2 rings (SSSR count). The predicted molar refractivity (Wildman–Crippen MR) is 57.2 cm³/mol. The first kappa shape index (κ1) is 9.69. The molecule has 1 heterocycles. The number of rotatable bonds is 2. The number of nitrogens with two attached hydrogens (primary N) is 1. The van der Waals surface area contributed by atoms with E-state index >= 15 is 0 Å². The minimum atomic E-state index is 1.21. The first-order valence-corrected chi connectivity index (χ1v) is 5.56. The van der Waals surface area contributed by atoms with Crippen LogP contribution in [-0.2, 0) is 6.54 Å². The van der Waals surface area contributed by atoms with Crippen LogP contribution in [0, 0.1) is 6.92 Å². The molecule has 0 aromatic heterocycles. The highest BCUT2D eigenvalue weighted by Gasteiger charge is 2.15. The van der Waals surface area contributed by atoms with Gasteiger partial charge in [-0.05, 0) is 12.5 Å². The summed E-state index contributed by atoms with van der Waals surface area (Å²) in [6, 6.07) is 8.75. The van der Waals surface area contributed by atoms with Crippen molar-refractivity contribution in [3.63, 3.8) is 0 Å². The van der Waals surface area contributed by atoms with Crippen LogP contribution in [0.3, 0.4) is 0 Å². The van der Waals surface area contributed by atoms with E-state index in [-0.39, 0.29) is 0 Å². The van der Waals surface area contributed by atoms with Crippen LogP contribution in [-0.4, -0.2) is 26.2 Å². The van der Waals surface area contributed by atoms with Gasteiger partial charge in [-0.15, -0.1) is 0 Å². The molecule has 1 aromatic rings. The van der Waals surface area contributed by atoms with Gasteiger partial charge in [-0.1, -0.05) is 24.3 Å². The summed E-state index contributed by atoms with van der Waals surface area (Å²) in [5.41, 5.74) is 2.96. The molecule has 1 aromatic carbocycles. The van der Waals surface area contributed by atoms with Crippen molar-refractivity contribution in [1.82, 2.24) is 0 Å². The third-order valence-electron chi connectivity index (χ3n) is 3.11. The first-order valence-electron chi connectivity index (χ1n) is 5.56. The Morgan fingerprint density at radius 3 is 2.64 bits per heavy atom. The van der Waals surface area contributed by atoms with E-state index in [0.717, 1.165) is 0 Å². The van der Waals surface area contributed by atoms with Crippen LogP contribution in [0.25, 0.3) is 0 Å². The molecule has 0 amide bonds. The molecule has 1 aliphatic rings. The van der Waals surface area contributed by atoms with E-state index in [1.807, 2.05) is 0 Å². The van der Waals surface area contributed by atoms with Gasteiger partial charge in [-0.2, -0.15) is 0 Å². The minimum absolute atomic E-state index is 1.21. The molecule has 0 radical (unpaired) electrons. The minimum Gasteiger partial charge on any atom is -0.337 e. The monoisotopic (exact) mass is 192 g/mol. The topological polar surface area (TPSA) is 21.1 Å². The molecule has 1 fully saturated rings. The summed E-state index contributed by atoms with van der Waals surface area (Å²) in [4.78, 5) is 1.74. The molecule has 3 N–H and O–H groups in total. The number of nitrogens with one attached hydrogen (secondary N) is 1. The van der Waals surface area contributed by atoms with Crippen LogP contribution < -0.4 is 10.2 Å². The highest BCUT2D eigenvalue weighted by molar-refractivity contribution is 5.24. The Labute approximate surface area is 85.9 Å². The van der Waals surface area contributed by atoms with E-state index in [4.69, 9.17) is 0 Å². The van der Waals surface area contributed by atoms with Crippen molar-refractivity contribution in [3.8, 4) is 0 Å². The SMILES string of the molecule is Cc1ccccc1C[NH+]1CC[NH2+]CC1. The standard InChI is InChI=1S/C12H18N2/c1-11-4-2-3-5-12(11)10-14-8-6-13-7-9-14/h2-5,13H,6-10H2,1H3/p+2. The van der Waals surface area contributed by atoms with Crippen molar-refractivity contribution in [2.45, 2.75) is 13.5 Å². The van der Waals surface area contributed by atoms with E-state index < -0.39 is 0 Å². The molecule has 1 saturated heterocycles. The molecule has 1 aliphatic heterocycles. The molecule has 2 heteroatoms. The van der Waals surface area contributed by atoms with Gasteiger partial charge < -0.3 is 10.2 Å². The van der Waals surface area contributed by atoms with Crippen molar-refractivity contribution in [3.05, 3.63) is 35.4 Å². The lowest BCUT2D eigenvalue weighted by molar-refractivity contribution is -0.958. The first-order chi connectivity index (χ1) is 6.86. The quantitative estimate of drug-likeness (QED) is 0.597. The zero-order valence-corrected chi connectivity index (χ0v) is 8.92. The smallest absolute Gasteiger partial charge is 0.127 e. The van der Waals surface area contributed by atoms with Gasteiger partial charge in [0.05, 0.1) is 0 Å². The molecule has 0 spiro atoms. The van der Waals surface area contributed by atoms with Crippen LogP contribution in [0.15, 0.2) is 24.3 Å². The fourth-order valence-electron chi connectivity index (χ4n) is 2.14. The second-order valence-corrected chi connectivity index (χ2v) is 4.22. The molecule has 0 atom stereocenters. The van der Waals surface area contributed by atoms with E-state index in [1.165, 1.54) is 43.9 Å². The Morgan fingerprint density at radius 1 is 1.21 bits per heavy atom. The Kier molecular flexibility index (Phi) is 3.17. The van der Waals surface area contributed by atoms with E-state index in [2.05, 4.69) is 36.5 Å². The van der Waals surface area contributed by atoms with Crippen molar-refractivity contribution >= 4 is 0 Å². The molecular weight excluding hydrogens is 172 g/mol. The molecule has 14 heavy (non-hydrogen) atoms. The summed E-state index contributed by atoms with van der Waals surface area (Å²) in [6.45, 7) is 8.64. The number of hydrogen-bond donors (Lipinski definition) is 2. The second kappa shape index (κ2) is 4.58. The fourth-order valence-corrected chi connectivity index (χ4v) is 2.14. The van der Waals surface area contributed by atoms with Crippen LogP contribution in [0.1, 0.15) is 11.1 Å². The van der Waals surface area contributed by atoms with Gasteiger partial charge in [0, 0.05) is 5.56 Å². The predicted octanol–water partition coefficient (Wildman–Crippen LogP) is -1.04. The van der Waals surface area contributed by atoms with Crippen LogP contribution in [0.5, 0.6) is 0 Å². The summed E-state index contributed by atoms with van der Waals surface area (Å²) in [7, 11) is 0. The number of aryl methyl sites for hydroxylation is 1. The molecule has 0 aliphatic carbocycles. The number of quaternary nitrogens is 2. The highest BCUT2D eigenvalue weighted by atomic mass is 15.2. The molecule has 76 valence electrons. The summed E-state index contributed by atoms with van der Waals surface area (Å²) in [5, 5.41) is 2.42. The van der Waals surface area contributed by atoms with E-state index in [0.29, 0.717) is 0 Å². The maximum absolute atomic E-state index is 2.42. The molecule has 0 unspecified atom stereocenters. The van der Waals surface area contributed by atoms with Crippen molar-refractivity contribution in [1.29, 1.82) is 0 Å². The summed E-state index contributed by atoms with van der Waals surface area (Å²) in [5.74, 6) is 0. The Bertz CT molecular complexity index is 290. The largest absolute Gasteiger partial charge is 0.337 e. The highest BCUT2D eigenvalue weighted by Crippen LogP contribution is 2.04. The average molecular weight is 192 g/mol. The molecule has 0 bridgehead atoms. The molecular formula is C12H20N2+2. The Morgan fingerprint density at radius 2 is 1.93 bits per heavy atom. The van der Waals surface area contributed by atoms with Gasteiger partial charge in [0.15, 0.2) is 0 Å². The van der Waals surface area contributed by atoms with Gasteiger partial charge in [-0.3, -0.25) is 0 Å². The summed E-state index contributed by atoms with van der Waals surface area (Å²) >= 11 is 0. The van der Waals surface area contributed by atoms with Crippen LogP contribution in [0.2, 0.25) is 0 Å². The normalized spacial score (nSPS) is 18.4. The number of benzene rings is 1. The lowest BCUT2D eigenvalue weighted by atomic mass is 10.1. The van der Waals surface area contributed by atoms with Crippen LogP contribution >= 0.6 is 0 Å². The second-order valence-electron chi connectivity index (χ2n) is 4.22. The Hall–Kier alpha value is -0.860. The maximum Gasteiger partial charge on any atom is 0.127 e. The van der Waals surface area contributed by atoms with E-state index in [9.17, 15) is 0 Å². The summed E-state index contributed by atoms with van der Waals surface area (Å²) in [6.07, 6.45) is 0. The zero-order chi connectivity index (χ0) is 9.80. The zero-order valence-electron chi connectivity index (χ0n) is 8.92. The maximum atomic E-state index is 2.42. The number of piperazine rings is 1. The molecule has 2 nitrogen and oxygen atoms in total. The lowest BCUT2D eigenvalue weighted by Crippen LogP contribution is -3.19. The van der Waals surface area contributed by atoms with Gasteiger partial charge in [0.1, 0.15) is 32.7 Å². The summed E-state index contributed by atoms with van der Waals surface area (Å²) < 4.78 is 0. The number of hydrogen-bond acceptors (Lipinski definition) is 0. The van der Waals surface area contributed by atoms with Gasteiger partial charge in [0.2, 0.25) is 0 Å². The van der Waals surface area contributed by atoms with Gasteiger partial charge in [0.25, 0.3) is 0 Å². The van der Waals surface area contributed by atoms with Gasteiger partial charge in [-0.25, -0.2) is 0 Å². The van der Waals surface area contributed by atoms with Crippen molar-refractivity contribution in [2.75, 3.05) is 26.2 Å². The van der Waals surface area contributed by atoms with E-state index in [1.54, 1.807) is 4.90 Å². The third kappa shape index (κ3) is 2.34. The lowest BCUT2D eigenvalue weighted by Gasteiger charge is -2.22. The van der Waals surface area contributed by atoms with Crippen molar-refractivity contribution in [2.24, 2.45) is 0 Å². The van der Waals surface area contributed by atoms with Crippen molar-refractivity contribution < 1.29 is 10.2 Å². The van der Waals surface area contributed by atoms with Gasteiger partial charge >= 0.3 is 0 Å². The van der Waals surface area contributed by atoms with Crippen LogP contribution in [0.4, 0.5) is 0 Å². The Balaban J connectivity index is 1.99.